The van der Waals surface area contributed by atoms with Gasteiger partial charge in [-0.05, 0) is 35.6 Å². The highest BCUT2D eigenvalue weighted by molar-refractivity contribution is 5.59. The summed E-state index contributed by atoms with van der Waals surface area (Å²) >= 11 is 0. The summed E-state index contributed by atoms with van der Waals surface area (Å²) in [5.41, 5.74) is 11.7. The van der Waals surface area contributed by atoms with Crippen LogP contribution in [-0.4, -0.2) is 13.3 Å². The van der Waals surface area contributed by atoms with Crippen LogP contribution >= 0.6 is 0 Å². The van der Waals surface area contributed by atoms with Gasteiger partial charge in [0.1, 0.15) is 5.75 Å². The van der Waals surface area contributed by atoms with Gasteiger partial charge in [0.2, 0.25) is 0 Å². The van der Waals surface area contributed by atoms with Crippen LogP contribution in [0.3, 0.4) is 0 Å². The second kappa shape index (κ2) is 6.83. The Labute approximate surface area is 112 Å². The molecule has 5 heteroatoms. The Kier molecular flexibility index (Phi) is 4.84. The molecule has 1 heterocycles. The predicted molar refractivity (Wildman–Crippen MR) is 73.8 cm³/mol. The molecule has 19 heavy (non-hydrogen) atoms. The number of hydrogen-bond donors (Lipinski definition) is 0. The number of hydrogen-bond acceptors (Lipinski definition) is 3. The minimum Gasteiger partial charge on any atom is -0.467 e. The van der Waals surface area contributed by atoms with Crippen molar-refractivity contribution in [3.63, 3.8) is 0 Å². The number of azide groups is 1. The fraction of sp³-hybridized carbons (Fsp3) is 0.429. The first kappa shape index (κ1) is 13.5. The van der Waals surface area contributed by atoms with Crippen LogP contribution in [0.1, 0.15) is 30.0 Å². The predicted octanol–water partition coefficient (Wildman–Crippen LogP) is 3.83. The molecule has 0 aliphatic carbocycles. The average molecular weight is 259 g/mol. The molecule has 1 aromatic carbocycles. The minimum absolute atomic E-state index is 0.299. The van der Waals surface area contributed by atoms with Gasteiger partial charge in [0, 0.05) is 17.0 Å². The average Bonchev–Trinajstić information content (AvgIpc) is 2.46. The summed E-state index contributed by atoms with van der Waals surface area (Å²) in [5, 5.41) is 3.61. The standard InChI is InChI=1S/C14H17N3O2/c1-2-3-4-11-5-6-14-13(9-18-10-19-14)12(11)7-8-16-17-15/h3-6H,2,7-10H2,1H3/b4-3+. The van der Waals surface area contributed by atoms with Gasteiger partial charge >= 0.3 is 0 Å². The van der Waals surface area contributed by atoms with Crippen molar-refractivity contribution in [2.75, 3.05) is 13.3 Å². The van der Waals surface area contributed by atoms with E-state index in [1.54, 1.807) is 0 Å². The van der Waals surface area contributed by atoms with Crippen LogP contribution in [0.4, 0.5) is 0 Å². The van der Waals surface area contributed by atoms with Crippen molar-refractivity contribution in [3.8, 4) is 5.75 Å². The minimum atomic E-state index is 0.299. The normalized spacial score (nSPS) is 13.7. The molecule has 1 aromatic rings. The van der Waals surface area contributed by atoms with E-state index in [0.29, 0.717) is 26.4 Å². The molecule has 0 atom stereocenters. The number of rotatable bonds is 5. The Morgan fingerprint density at radius 1 is 1.47 bits per heavy atom. The zero-order chi connectivity index (χ0) is 13.5. The molecule has 5 nitrogen and oxygen atoms in total. The lowest BCUT2D eigenvalue weighted by molar-refractivity contribution is -0.0168. The van der Waals surface area contributed by atoms with Crippen molar-refractivity contribution in [3.05, 3.63) is 45.3 Å². The third kappa shape index (κ3) is 3.28. The Morgan fingerprint density at radius 3 is 3.16 bits per heavy atom. The fourth-order valence-corrected chi connectivity index (χ4v) is 2.13. The molecule has 0 fully saturated rings. The first-order valence-electron chi connectivity index (χ1n) is 6.39. The van der Waals surface area contributed by atoms with Gasteiger partial charge in [0.15, 0.2) is 6.79 Å². The van der Waals surface area contributed by atoms with Crippen molar-refractivity contribution < 1.29 is 9.47 Å². The summed E-state index contributed by atoms with van der Waals surface area (Å²) in [5.74, 6) is 0.871. The largest absolute Gasteiger partial charge is 0.467 e. The summed E-state index contributed by atoms with van der Waals surface area (Å²) in [6.07, 6.45) is 5.90. The third-order valence-corrected chi connectivity index (χ3v) is 3.03. The van der Waals surface area contributed by atoms with E-state index >= 15 is 0 Å². The smallest absolute Gasteiger partial charge is 0.189 e. The highest BCUT2D eigenvalue weighted by Crippen LogP contribution is 2.30. The Balaban J connectivity index is 2.36. The van der Waals surface area contributed by atoms with Crippen molar-refractivity contribution in [2.45, 2.75) is 26.4 Å². The summed E-state index contributed by atoms with van der Waals surface area (Å²) in [6.45, 7) is 3.39. The van der Waals surface area contributed by atoms with Crippen LogP contribution in [0.25, 0.3) is 16.5 Å². The molecule has 2 rings (SSSR count). The van der Waals surface area contributed by atoms with Gasteiger partial charge in [-0.2, -0.15) is 0 Å². The highest BCUT2D eigenvalue weighted by Gasteiger charge is 2.16. The number of nitrogens with zero attached hydrogens (tertiary/aromatic N) is 3. The maximum atomic E-state index is 8.39. The van der Waals surface area contributed by atoms with Crippen LogP contribution in [0.2, 0.25) is 0 Å². The highest BCUT2D eigenvalue weighted by atomic mass is 16.7. The fourth-order valence-electron chi connectivity index (χ4n) is 2.13. The molecule has 0 N–H and O–H groups in total. The first-order chi connectivity index (χ1) is 9.36. The van der Waals surface area contributed by atoms with Crippen molar-refractivity contribution in [1.82, 2.24) is 0 Å². The number of benzene rings is 1. The van der Waals surface area contributed by atoms with Crippen molar-refractivity contribution in [2.24, 2.45) is 5.11 Å². The molecule has 0 aromatic heterocycles. The zero-order valence-corrected chi connectivity index (χ0v) is 11.0. The number of fused-ring (bicyclic) bond motifs is 1. The molecule has 100 valence electrons. The quantitative estimate of drug-likeness (QED) is 0.458. The van der Waals surface area contributed by atoms with E-state index in [1.165, 1.54) is 0 Å². The molecular formula is C14H17N3O2. The maximum absolute atomic E-state index is 8.39. The lowest BCUT2D eigenvalue weighted by Gasteiger charge is -2.22. The monoisotopic (exact) mass is 259 g/mol. The molecular weight excluding hydrogens is 242 g/mol. The molecule has 0 saturated carbocycles. The molecule has 0 saturated heterocycles. The van der Waals surface area contributed by atoms with Crippen molar-refractivity contribution >= 4 is 6.08 Å². The molecule has 1 aliphatic heterocycles. The first-order valence-corrected chi connectivity index (χ1v) is 6.39. The van der Waals surface area contributed by atoms with E-state index in [-0.39, 0.29) is 0 Å². The lowest BCUT2D eigenvalue weighted by Crippen LogP contribution is -2.14. The van der Waals surface area contributed by atoms with Crippen LogP contribution < -0.4 is 4.74 Å². The molecule has 0 bridgehead atoms. The summed E-state index contributed by atoms with van der Waals surface area (Å²) < 4.78 is 10.8. The van der Waals surface area contributed by atoms with Crippen LogP contribution in [0.15, 0.2) is 23.3 Å². The van der Waals surface area contributed by atoms with Crippen LogP contribution in [0, 0.1) is 0 Å². The Bertz CT molecular complexity index is 520. The van der Waals surface area contributed by atoms with E-state index in [1.807, 2.05) is 12.1 Å². The number of allylic oxidation sites excluding steroid dienone is 1. The topological polar surface area (TPSA) is 67.2 Å². The molecule has 0 amide bonds. The zero-order valence-electron chi connectivity index (χ0n) is 11.0. The molecule has 0 unspecified atom stereocenters. The van der Waals surface area contributed by atoms with Gasteiger partial charge in [-0.15, -0.1) is 0 Å². The van der Waals surface area contributed by atoms with Gasteiger partial charge in [-0.1, -0.05) is 30.3 Å². The Hall–Kier alpha value is -1.97. The van der Waals surface area contributed by atoms with Crippen LogP contribution in [0.5, 0.6) is 5.75 Å². The molecule has 1 aliphatic rings. The number of ether oxygens (including phenoxy) is 2. The van der Waals surface area contributed by atoms with Crippen LogP contribution in [-0.2, 0) is 17.8 Å². The molecule has 0 radical (unpaired) electrons. The third-order valence-electron chi connectivity index (χ3n) is 3.03. The van der Waals surface area contributed by atoms with Gasteiger partial charge in [-0.3, -0.25) is 0 Å². The van der Waals surface area contributed by atoms with E-state index in [4.69, 9.17) is 15.0 Å². The SMILES string of the molecule is CC/C=C/c1ccc2c(c1CCN=[N+]=[N-])COCO2. The summed E-state index contributed by atoms with van der Waals surface area (Å²) in [4.78, 5) is 2.80. The van der Waals surface area contributed by atoms with E-state index in [9.17, 15) is 0 Å². The van der Waals surface area contributed by atoms with Gasteiger partial charge in [0.05, 0.1) is 6.61 Å². The van der Waals surface area contributed by atoms with E-state index in [2.05, 4.69) is 29.1 Å². The molecule has 0 spiro atoms. The lowest BCUT2D eigenvalue weighted by atomic mass is 9.96. The summed E-state index contributed by atoms with van der Waals surface area (Å²) in [7, 11) is 0. The van der Waals surface area contributed by atoms with Gasteiger partial charge in [0.25, 0.3) is 0 Å². The summed E-state index contributed by atoms with van der Waals surface area (Å²) in [6, 6.07) is 4.02. The Morgan fingerprint density at radius 2 is 2.37 bits per heavy atom. The van der Waals surface area contributed by atoms with Crippen molar-refractivity contribution in [1.29, 1.82) is 0 Å². The van der Waals surface area contributed by atoms with Gasteiger partial charge < -0.3 is 9.47 Å². The second-order valence-corrected chi connectivity index (χ2v) is 4.24. The van der Waals surface area contributed by atoms with E-state index in [0.717, 1.165) is 28.9 Å². The van der Waals surface area contributed by atoms with E-state index < -0.39 is 0 Å². The maximum Gasteiger partial charge on any atom is 0.189 e. The second-order valence-electron chi connectivity index (χ2n) is 4.24. The van der Waals surface area contributed by atoms with Gasteiger partial charge in [-0.25, -0.2) is 0 Å².